The van der Waals surface area contributed by atoms with E-state index in [4.69, 9.17) is 15.5 Å². The molecule has 0 spiro atoms. The summed E-state index contributed by atoms with van der Waals surface area (Å²) in [5, 5.41) is 17.7. The number of hydroxylamine groups is 1. The molecule has 0 bridgehead atoms. The first-order valence-electron chi connectivity index (χ1n) is 7.96. The van der Waals surface area contributed by atoms with Crippen LogP contribution in [0.1, 0.15) is 11.3 Å². The lowest BCUT2D eigenvalue weighted by atomic mass is 10.1. The van der Waals surface area contributed by atoms with Crippen LogP contribution >= 0.6 is 0 Å². The predicted octanol–water partition coefficient (Wildman–Crippen LogP) is 2.10. The fourth-order valence-electron chi connectivity index (χ4n) is 2.12. The molecule has 1 heterocycles. The van der Waals surface area contributed by atoms with Crippen LogP contribution in [0.2, 0.25) is 0 Å². The zero-order chi connectivity index (χ0) is 20.6. The fourth-order valence-corrected chi connectivity index (χ4v) is 2.60. The second-order valence-corrected chi connectivity index (χ2v) is 6.97. The molecule has 3 rings (SSSR count). The summed E-state index contributed by atoms with van der Waals surface area (Å²) in [6.45, 7) is 1.84. The average Bonchev–Trinajstić information content (AvgIpc) is 2.68. The Bertz CT molecular complexity index is 1090. The van der Waals surface area contributed by atoms with Crippen LogP contribution in [-0.4, -0.2) is 35.3 Å². The van der Waals surface area contributed by atoms with Crippen LogP contribution in [0, 0.1) is 6.92 Å². The molecular weight excluding hydrogens is 382 g/mol. The minimum Gasteiger partial charge on any atom is -0.367 e. The van der Waals surface area contributed by atoms with Gasteiger partial charge in [-0.15, -0.1) is 5.10 Å². The van der Waals surface area contributed by atoms with Gasteiger partial charge in [0.25, 0.3) is 10.1 Å². The largest absolute Gasteiger partial charge is 0.367 e. The average molecular weight is 401 g/mol. The number of pyridine rings is 1. The molecule has 1 aromatic heterocycles. The number of rotatable bonds is 3. The fraction of sp³-hybridized carbons (Fsp3) is 0.0556. The maximum absolute atomic E-state index is 10.5. The highest BCUT2D eigenvalue weighted by molar-refractivity contribution is 7.85. The molecule has 0 aliphatic carbocycles. The number of nitrogens with two attached hydrogens (primary N) is 1. The van der Waals surface area contributed by atoms with Gasteiger partial charge in [-0.2, -0.15) is 13.5 Å². The van der Waals surface area contributed by atoms with E-state index >= 15 is 0 Å². The van der Waals surface area contributed by atoms with Gasteiger partial charge in [-0.25, -0.2) is 5.48 Å². The quantitative estimate of drug-likeness (QED) is 0.227. The number of guanidine groups is 1. The molecule has 0 unspecified atom stereocenters. The molecular formula is C18H19N5O4S. The molecule has 3 aromatic rings. The van der Waals surface area contributed by atoms with Crippen molar-refractivity contribution in [2.75, 3.05) is 0 Å². The summed E-state index contributed by atoms with van der Waals surface area (Å²) < 4.78 is 29.6. The van der Waals surface area contributed by atoms with E-state index in [1.165, 1.54) is 18.3 Å². The Kier molecular flexibility index (Phi) is 7.15. The third-order valence-corrected chi connectivity index (χ3v) is 4.35. The number of aromatic nitrogens is 1. The maximum atomic E-state index is 10.5. The number of aryl methyl sites for hydroxylation is 1. The van der Waals surface area contributed by atoms with Crippen LogP contribution in [0.15, 0.2) is 75.9 Å². The first-order valence-corrected chi connectivity index (χ1v) is 9.40. The van der Waals surface area contributed by atoms with Crippen LogP contribution in [0.25, 0.3) is 10.8 Å². The number of nitrogens with one attached hydrogen (secondary N) is 1. The molecule has 0 atom stereocenters. The van der Waals surface area contributed by atoms with Crippen LogP contribution in [0.4, 0.5) is 0 Å². The predicted molar refractivity (Wildman–Crippen MR) is 107 cm³/mol. The van der Waals surface area contributed by atoms with Gasteiger partial charge in [0, 0.05) is 11.6 Å². The second kappa shape index (κ2) is 9.55. The molecule has 28 heavy (non-hydrogen) atoms. The Morgan fingerprint density at radius 1 is 1.14 bits per heavy atom. The van der Waals surface area contributed by atoms with E-state index in [0.29, 0.717) is 5.69 Å². The number of hydrogen-bond donors (Lipinski definition) is 4. The Morgan fingerprint density at radius 2 is 1.82 bits per heavy atom. The van der Waals surface area contributed by atoms with Gasteiger partial charge in [0.2, 0.25) is 5.96 Å². The highest BCUT2D eigenvalue weighted by Gasteiger charge is 2.06. The monoisotopic (exact) mass is 401 g/mol. The van der Waals surface area contributed by atoms with Crippen molar-refractivity contribution in [3.05, 3.63) is 72.1 Å². The normalized spacial score (nSPS) is 11.9. The smallest absolute Gasteiger partial charge is 0.294 e. The van der Waals surface area contributed by atoms with Crippen LogP contribution in [0.3, 0.4) is 0 Å². The van der Waals surface area contributed by atoms with Gasteiger partial charge in [-0.05, 0) is 30.5 Å². The van der Waals surface area contributed by atoms with E-state index in [-0.39, 0.29) is 10.9 Å². The van der Waals surface area contributed by atoms with Gasteiger partial charge in [-0.1, -0.05) is 42.0 Å². The Hall–Kier alpha value is -3.34. The van der Waals surface area contributed by atoms with Gasteiger partial charge in [-0.3, -0.25) is 14.7 Å². The van der Waals surface area contributed by atoms with Crippen molar-refractivity contribution in [1.29, 1.82) is 0 Å². The van der Waals surface area contributed by atoms with E-state index in [1.807, 2.05) is 37.3 Å². The third-order valence-electron chi connectivity index (χ3n) is 3.48. The summed E-state index contributed by atoms with van der Waals surface area (Å²) in [5.74, 6) is -0.179. The number of hydrogen-bond acceptors (Lipinski definition) is 6. The molecule has 10 heteroatoms. The number of nitrogens with zero attached hydrogens (tertiary/aromatic N) is 3. The Labute approximate surface area is 162 Å². The lowest BCUT2D eigenvalue weighted by molar-refractivity contribution is 0.232. The van der Waals surface area contributed by atoms with Crippen molar-refractivity contribution in [1.82, 2.24) is 10.5 Å². The molecule has 0 saturated heterocycles. The summed E-state index contributed by atoms with van der Waals surface area (Å²) in [5.41, 5.74) is 8.53. The molecule has 9 nitrogen and oxygen atoms in total. The molecule has 5 N–H and O–H groups in total. The first kappa shape index (κ1) is 21.0. The van der Waals surface area contributed by atoms with Crippen molar-refractivity contribution in [2.45, 2.75) is 11.8 Å². The van der Waals surface area contributed by atoms with E-state index in [0.717, 1.165) is 16.3 Å². The molecule has 0 aliphatic heterocycles. The summed E-state index contributed by atoms with van der Waals surface area (Å²) in [6, 6.07) is 15.7. The van der Waals surface area contributed by atoms with Crippen molar-refractivity contribution in [3.63, 3.8) is 0 Å². The van der Waals surface area contributed by atoms with Crippen LogP contribution in [0.5, 0.6) is 0 Å². The van der Waals surface area contributed by atoms with Gasteiger partial charge in [0.05, 0.1) is 16.8 Å². The number of benzene rings is 2. The van der Waals surface area contributed by atoms with E-state index < -0.39 is 10.1 Å². The SMILES string of the molecule is Cc1ccc(S(=O)(=O)O)cc1.NC(=N/N=C/c1nccc2ccccc12)NO. The minimum atomic E-state index is -4.02. The minimum absolute atomic E-state index is 0.0666. The van der Waals surface area contributed by atoms with E-state index in [2.05, 4.69) is 15.2 Å². The van der Waals surface area contributed by atoms with Crippen LogP contribution < -0.4 is 11.2 Å². The first-order chi connectivity index (χ1) is 13.3. The van der Waals surface area contributed by atoms with Gasteiger partial charge >= 0.3 is 0 Å². The Balaban J connectivity index is 0.000000221. The van der Waals surface area contributed by atoms with Crippen molar-refractivity contribution >= 4 is 33.1 Å². The standard InChI is InChI=1S/C11H11N5O.C7H8O3S/c12-11(16-17)15-14-7-10-9-4-2-1-3-8(9)5-6-13-10;1-6-2-4-7(5-3-6)11(8,9)10/h1-7,17H,(H3,12,15,16);2-5H,1H3,(H,8,9,10)/b14-7+;. The van der Waals surface area contributed by atoms with Gasteiger partial charge in [0.1, 0.15) is 0 Å². The summed E-state index contributed by atoms with van der Waals surface area (Å²) >= 11 is 0. The molecule has 0 saturated carbocycles. The Morgan fingerprint density at radius 3 is 2.46 bits per heavy atom. The van der Waals surface area contributed by atoms with Crippen LogP contribution in [-0.2, 0) is 10.1 Å². The van der Waals surface area contributed by atoms with E-state index in [1.54, 1.807) is 23.8 Å². The summed E-state index contributed by atoms with van der Waals surface area (Å²) in [6.07, 6.45) is 3.17. The zero-order valence-corrected chi connectivity index (χ0v) is 15.7. The highest BCUT2D eigenvalue weighted by Crippen LogP contribution is 2.14. The summed E-state index contributed by atoms with van der Waals surface area (Å²) in [4.78, 5) is 4.12. The van der Waals surface area contributed by atoms with Crippen molar-refractivity contribution < 1.29 is 18.2 Å². The zero-order valence-electron chi connectivity index (χ0n) is 14.9. The highest BCUT2D eigenvalue weighted by atomic mass is 32.2. The third kappa shape index (κ3) is 6.13. The molecule has 146 valence electrons. The maximum Gasteiger partial charge on any atom is 0.294 e. The molecule has 0 aliphatic rings. The molecule has 2 aromatic carbocycles. The van der Waals surface area contributed by atoms with Gasteiger partial charge in [0.15, 0.2) is 0 Å². The number of fused-ring (bicyclic) bond motifs is 1. The summed E-state index contributed by atoms with van der Waals surface area (Å²) in [7, 11) is -4.02. The molecule has 0 fully saturated rings. The second-order valence-electron chi connectivity index (χ2n) is 5.55. The van der Waals surface area contributed by atoms with Gasteiger partial charge < -0.3 is 5.73 Å². The van der Waals surface area contributed by atoms with Crippen molar-refractivity contribution in [2.24, 2.45) is 15.9 Å². The topological polar surface area (TPSA) is 150 Å². The van der Waals surface area contributed by atoms with E-state index in [9.17, 15) is 8.42 Å². The molecule has 0 amide bonds. The van der Waals surface area contributed by atoms with Crippen molar-refractivity contribution in [3.8, 4) is 0 Å². The lowest BCUT2D eigenvalue weighted by Crippen LogP contribution is -2.27. The molecule has 0 radical (unpaired) electrons. The lowest BCUT2D eigenvalue weighted by Gasteiger charge is -1.99.